The summed E-state index contributed by atoms with van der Waals surface area (Å²) < 4.78 is 16.1. The smallest absolute Gasteiger partial charge is 0.276 e. The van der Waals surface area contributed by atoms with Gasteiger partial charge in [0.1, 0.15) is 11.5 Å². The Morgan fingerprint density at radius 1 is 1.15 bits per heavy atom. The van der Waals surface area contributed by atoms with Crippen LogP contribution in [0.3, 0.4) is 0 Å². The normalized spacial score (nSPS) is 10.6. The van der Waals surface area contributed by atoms with Crippen LogP contribution < -0.4 is 9.47 Å². The number of hydrogen-bond acceptors (Lipinski definition) is 7. The molecule has 0 saturated heterocycles. The van der Waals surface area contributed by atoms with E-state index in [0.717, 1.165) is 22.8 Å². The molecule has 0 bridgehead atoms. The highest BCUT2D eigenvalue weighted by atomic mass is 32.2. The number of nitrogens with zero attached hydrogens (tertiary/aromatic N) is 2. The van der Waals surface area contributed by atoms with Gasteiger partial charge in [0.15, 0.2) is 0 Å². The highest BCUT2D eigenvalue weighted by Gasteiger charge is 2.10. The fourth-order valence-corrected chi connectivity index (χ4v) is 2.73. The molecule has 0 unspecified atom stereocenters. The highest BCUT2D eigenvalue weighted by molar-refractivity contribution is 7.98. The molecule has 2 rings (SSSR count). The standard InChI is InChI=1S/C13H16N2O3S2/c1-16-10-4-5-11(17-2)9(6-10)7-20-13-15-14-12(18-13)8-19-3/h4-6H,7-8H2,1-3H3. The van der Waals surface area contributed by atoms with E-state index < -0.39 is 0 Å². The van der Waals surface area contributed by atoms with Crippen molar-refractivity contribution in [2.45, 2.75) is 16.7 Å². The van der Waals surface area contributed by atoms with Crippen LogP contribution in [0.15, 0.2) is 27.8 Å². The first-order chi connectivity index (χ1) is 9.76. The number of thioether (sulfide) groups is 2. The van der Waals surface area contributed by atoms with Crippen molar-refractivity contribution >= 4 is 23.5 Å². The van der Waals surface area contributed by atoms with Crippen molar-refractivity contribution in [3.05, 3.63) is 29.7 Å². The Morgan fingerprint density at radius 3 is 2.70 bits per heavy atom. The van der Waals surface area contributed by atoms with Gasteiger partial charge in [-0.2, -0.15) is 11.8 Å². The van der Waals surface area contributed by atoms with Crippen LogP contribution in [0.1, 0.15) is 11.5 Å². The molecule has 2 aromatic rings. The van der Waals surface area contributed by atoms with Crippen LogP contribution in [0, 0.1) is 0 Å². The van der Waals surface area contributed by atoms with E-state index in [1.54, 1.807) is 26.0 Å². The molecule has 0 amide bonds. The number of methoxy groups -OCH3 is 2. The van der Waals surface area contributed by atoms with Crippen LogP contribution in [-0.4, -0.2) is 30.7 Å². The van der Waals surface area contributed by atoms with Gasteiger partial charge in [-0.15, -0.1) is 10.2 Å². The van der Waals surface area contributed by atoms with Gasteiger partial charge in [-0.1, -0.05) is 11.8 Å². The lowest BCUT2D eigenvalue weighted by atomic mass is 10.2. The molecule has 0 spiro atoms. The molecular weight excluding hydrogens is 296 g/mol. The molecule has 0 atom stereocenters. The van der Waals surface area contributed by atoms with Crippen molar-refractivity contribution in [3.8, 4) is 11.5 Å². The summed E-state index contributed by atoms with van der Waals surface area (Å²) in [5.41, 5.74) is 1.03. The third-order valence-electron chi connectivity index (χ3n) is 2.55. The first-order valence-corrected chi connectivity index (χ1v) is 8.29. The molecule has 0 aliphatic heterocycles. The maximum absolute atomic E-state index is 5.52. The quantitative estimate of drug-likeness (QED) is 0.727. The summed E-state index contributed by atoms with van der Waals surface area (Å²) in [5.74, 6) is 3.69. The minimum Gasteiger partial charge on any atom is -0.497 e. The minimum atomic E-state index is 0.568. The number of rotatable bonds is 7. The Balaban J connectivity index is 2.05. The van der Waals surface area contributed by atoms with Gasteiger partial charge in [0.05, 0.1) is 20.0 Å². The van der Waals surface area contributed by atoms with E-state index in [1.807, 2.05) is 24.5 Å². The Hall–Kier alpha value is -1.34. The van der Waals surface area contributed by atoms with E-state index in [1.165, 1.54) is 11.8 Å². The molecule has 0 radical (unpaired) electrons. The van der Waals surface area contributed by atoms with Gasteiger partial charge in [0.2, 0.25) is 5.89 Å². The first kappa shape index (κ1) is 15.1. The van der Waals surface area contributed by atoms with Gasteiger partial charge >= 0.3 is 0 Å². The molecule has 5 nitrogen and oxygen atoms in total. The average molecular weight is 312 g/mol. The van der Waals surface area contributed by atoms with Crippen molar-refractivity contribution in [2.75, 3.05) is 20.5 Å². The second-order valence-corrected chi connectivity index (χ2v) is 5.65. The predicted octanol–water partition coefficient (Wildman–Crippen LogP) is 3.24. The van der Waals surface area contributed by atoms with Gasteiger partial charge in [-0.3, -0.25) is 0 Å². The average Bonchev–Trinajstić information content (AvgIpc) is 2.93. The van der Waals surface area contributed by atoms with E-state index >= 15 is 0 Å². The molecule has 0 saturated carbocycles. The molecule has 20 heavy (non-hydrogen) atoms. The minimum absolute atomic E-state index is 0.568. The molecule has 0 aliphatic carbocycles. The SMILES string of the molecule is COc1ccc(OC)c(CSc2nnc(CSC)o2)c1. The molecule has 1 aromatic carbocycles. The predicted molar refractivity (Wildman–Crippen MR) is 80.6 cm³/mol. The molecule has 0 aliphatic rings. The molecule has 0 fully saturated rings. The van der Waals surface area contributed by atoms with Crippen LogP contribution in [0.25, 0.3) is 0 Å². The summed E-state index contributed by atoms with van der Waals surface area (Å²) in [4.78, 5) is 0. The van der Waals surface area contributed by atoms with Crippen molar-refractivity contribution in [1.29, 1.82) is 0 Å². The number of ether oxygens (including phenoxy) is 2. The van der Waals surface area contributed by atoms with Crippen molar-refractivity contribution < 1.29 is 13.9 Å². The molecule has 108 valence electrons. The van der Waals surface area contributed by atoms with Crippen LogP contribution >= 0.6 is 23.5 Å². The van der Waals surface area contributed by atoms with Gasteiger partial charge in [0, 0.05) is 11.3 Å². The van der Waals surface area contributed by atoms with Crippen molar-refractivity contribution in [1.82, 2.24) is 10.2 Å². The summed E-state index contributed by atoms with van der Waals surface area (Å²) in [5, 5.41) is 8.56. The van der Waals surface area contributed by atoms with Crippen molar-refractivity contribution in [2.24, 2.45) is 0 Å². The monoisotopic (exact) mass is 312 g/mol. The topological polar surface area (TPSA) is 57.4 Å². The zero-order valence-corrected chi connectivity index (χ0v) is 13.2. The first-order valence-electron chi connectivity index (χ1n) is 5.92. The number of hydrogen-bond donors (Lipinski definition) is 0. The zero-order chi connectivity index (χ0) is 14.4. The van der Waals surface area contributed by atoms with E-state index in [9.17, 15) is 0 Å². The summed E-state index contributed by atoms with van der Waals surface area (Å²) >= 11 is 3.14. The lowest BCUT2D eigenvalue weighted by Gasteiger charge is -2.09. The van der Waals surface area contributed by atoms with E-state index in [2.05, 4.69) is 10.2 Å². The Bertz CT molecular complexity index is 560. The van der Waals surface area contributed by atoms with Crippen molar-refractivity contribution in [3.63, 3.8) is 0 Å². The molecular formula is C13H16N2O3S2. The van der Waals surface area contributed by atoms with Crippen LogP contribution in [0.2, 0.25) is 0 Å². The maximum Gasteiger partial charge on any atom is 0.276 e. The summed E-state index contributed by atoms with van der Waals surface area (Å²) in [6.07, 6.45) is 2.00. The lowest BCUT2D eigenvalue weighted by molar-refractivity contribution is 0.400. The second-order valence-electron chi connectivity index (χ2n) is 3.86. The van der Waals surface area contributed by atoms with Crippen LogP contribution in [0.4, 0.5) is 0 Å². The van der Waals surface area contributed by atoms with Gasteiger partial charge < -0.3 is 13.9 Å². The maximum atomic E-state index is 5.52. The third-order valence-corrected chi connectivity index (χ3v) is 3.96. The van der Waals surface area contributed by atoms with E-state index in [4.69, 9.17) is 13.9 Å². The van der Waals surface area contributed by atoms with Crippen LogP contribution in [-0.2, 0) is 11.5 Å². The molecule has 1 heterocycles. The highest BCUT2D eigenvalue weighted by Crippen LogP contribution is 2.30. The molecule has 1 aromatic heterocycles. The molecule has 7 heteroatoms. The Labute approximate surface area is 126 Å². The fourth-order valence-electron chi connectivity index (χ4n) is 1.61. The number of benzene rings is 1. The Kier molecular flexibility index (Phi) is 5.60. The summed E-state index contributed by atoms with van der Waals surface area (Å²) in [6.45, 7) is 0. The second kappa shape index (κ2) is 7.44. The molecule has 0 N–H and O–H groups in total. The van der Waals surface area contributed by atoms with E-state index in [0.29, 0.717) is 16.9 Å². The fraction of sp³-hybridized carbons (Fsp3) is 0.385. The third kappa shape index (κ3) is 3.83. The van der Waals surface area contributed by atoms with Crippen LogP contribution in [0.5, 0.6) is 11.5 Å². The lowest BCUT2D eigenvalue weighted by Crippen LogP contribution is -1.92. The van der Waals surface area contributed by atoms with Gasteiger partial charge in [-0.25, -0.2) is 0 Å². The van der Waals surface area contributed by atoms with Gasteiger partial charge in [0.25, 0.3) is 5.22 Å². The summed E-state index contributed by atoms with van der Waals surface area (Å²) in [7, 11) is 3.30. The zero-order valence-electron chi connectivity index (χ0n) is 11.6. The van der Waals surface area contributed by atoms with Gasteiger partial charge in [-0.05, 0) is 24.5 Å². The number of aromatic nitrogens is 2. The summed E-state index contributed by atoms with van der Waals surface area (Å²) in [6, 6.07) is 5.71. The largest absolute Gasteiger partial charge is 0.497 e. The van der Waals surface area contributed by atoms with E-state index in [-0.39, 0.29) is 0 Å². The Morgan fingerprint density at radius 2 is 2.00 bits per heavy atom.